The molecule has 0 fully saturated rings. The number of rotatable bonds is 5. The Morgan fingerprint density at radius 1 is 1.58 bits per heavy atom. The molecule has 5 nitrogen and oxygen atoms in total. The van der Waals surface area contributed by atoms with Crippen LogP contribution in [0.25, 0.3) is 0 Å². The van der Waals surface area contributed by atoms with Crippen LogP contribution in [0.3, 0.4) is 0 Å². The van der Waals surface area contributed by atoms with E-state index in [9.17, 15) is 9.59 Å². The van der Waals surface area contributed by atoms with E-state index in [0.29, 0.717) is 0 Å². The van der Waals surface area contributed by atoms with E-state index in [1.54, 1.807) is 7.05 Å². The van der Waals surface area contributed by atoms with Gasteiger partial charge in [-0.1, -0.05) is 0 Å². The molecule has 0 radical (unpaired) electrons. The normalized spacial score (nSPS) is 12.2. The van der Waals surface area contributed by atoms with E-state index in [0.717, 1.165) is 0 Å². The molecule has 0 aromatic heterocycles. The van der Waals surface area contributed by atoms with Crippen LogP contribution < -0.4 is 10.6 Å². The van der Waals surface area contributed by atoms with Gasteiger partial charge in [0.15, 0.2) is 0 Å². The van der Waals surface area contributed by atoms with Gasteiger partial charge in [-0.15, -0.1) is 0 Å². The van der Waals surface area contributed by atoms with Crippen LogP contribution in [0.15, 0.2) is 0 Å². The standard InChI is InChI=1S/C6H12N2O3S/c1-7-2-5(9)8-4(3-12)6(10)11/h4,7,12H,2-3H2,1H3,(H,8,9)(H,10,11)/t4-/m0/s1. The number of hydrogen-bond acceptors (Lipinski definition) is 4. The topological polar surface area (TPSA) is 78.4 Å². The Morgan fingerprint density at radius 3 is 2.50 bits per heavy atom. The van der Waals surface area contributed by atoms with E-state index in [4.69, 9.17) is 5.11 Å². The summed E-state index contributed by atoms with van der Waals surface area (Å²) in [6.45, 7) is 0.109. The fraction of sp³-hybridized carbons (Fsp3) is 0.667. The summed E-state index contributed by atoms with van der Waals surface area (Å²) in [6, 6.07) is -0.908. The number of carbonyl (C=O) groups is 2. The average Bonchev–Trinajstić information content (AvgIpc) is 2.00. The van der Waals surface area contributed by atoms with Gasteiger partial charge >= 0.3 is 5.97 Å². The number of amides is 1. The summed E-state index contributed by atoms with van der Waals surface area (Å²) in [5, 5.41) is 13.4. The SMILES string of the molecule is CNCC(=O)N[C@@H](CS)C(=O)O. The molecule has 0 aliphatic heterocycles. The molecule has 0 unspecified atom stereocenters. The first kappa shape index (κ1) is 11.2. The zero-order valence-electron chi connectivity index (χ0n) is 6.70. The Balaban J connectivity index is 3.85. The highest BCUT2D eigenvalue weighted by Crippen LogP contribution is 1.87. The Morgan fingerprint density at radius 2 is 2.17 bits per heavy atom. The third-order valence-electron chi connectivity index (χ3n) is 1.15. The predicted octanol–water partition coefficient (Wildman–Crippen LogP) is -1.29. The molecular weight excluding hydrogens is 180 g/mol. The van der Waals surface area contributed by atoms with Gasteiger partial charge in [0, 0.05) is 5.75 Å². The number of carbonyl (C=O) groups excluding carboxylic acids is 1. The van der Waals surface area contributed by atoms with E-state index >= 15 is 0 Å². The summed E-state index contributed by atoms with van der Waals surface area (Å²) in [4.78, 5) is 21.2. The van der Waals surface area contributed by atoms with Gasteiger partial charge in [0.1, 0.15) is 6.04 Å². The molecule has 1 amide bonds. The molecule has 0 aliphatic carbocycles. The smallest absolute Gasteiger partial charge is 0.327 e. The van der Waals surface area contributed by atoms with Crippen molar-refractivity contribution < 1.29 is 14.7 Å². The second-order valence-corrected chi connectivity index (χ2v) is 2.54. The molecule has 0 bridgehead atoms. The van der Waals surface area contributed by atoms with Gasteiger partial charge in [-0.3, -0.25) is 4.79 Å². The first-order chi connectivity index (χ1) is 5.61. The van der Waals surface area contributed by atoms with Gasteiger partial charge in [0.2, 0.25) is 5.91 Å². The molecule has 6 heteroatoms. The molecule has 0 rings (SSSR count). The zero-order chi connectivity index (χ0) is 9.56. The van der Waals surface area contributed by atoms with E-state index in [2.05, 4.69) is 23.3 Å². The third-order valence-corrected chi connectivity index (χ3v) is 1.52. The van der Waals surface area contributed by atoms with Crippen LogP contribution in [0.2, 0.25) is 0 Å². The maximum Gasteiger partial charge on any atom is 0.327 e. The van der Waals surface area contributed by atoms with Gasteiger partial charge in [-0.2, -0.15) is 12.6 Å². The minimum absolute atomic E-state index is 0.0881. The molecule has 0 heterocycles. The van der Waals surface area contributed by atoms with Crippen molar-refractivity contribution in [2.24, 2.45) is 0 Å². The largest absolute Gasteiger partial charge is 0.480 e. The fourth-order valence-corrected chi connectivity index (χ4v) is 0.839. The van der Waals surface area contributed by atoms with Crippen molar-refractivity contribution in [2.75, 3.05) is 19.3 Å². The second-order valence-electron chi connectivity index (χ2n) is 2.17. The van der Waals surface area contributed by atoms with E-state index in [-0.39, 0.29) is 18.2 Å². The molecule has 0 saturated heterocycles. The molecule has 1 atom stereocenters. The van der Waals surface area contributed by atoms with E-state index in [1.807, 2.05) is 0 Å². The average molecular weight is 192 g/mol. The fourth-order valence-electron chi connectivity index (χ4n) is 0.591. The van der Waals surface area contributed by atoms with Crippen LogP contribution in [-0.4, -0.2) is 42.4 Å². The van der Waals surface area contributed by atoms with E-state index < -0.39 is 12.0 Å². The third kappa shape index (κ3) is 4.20. The summed E-state index contributed by atoms with van der Waals surface area (Å²) < 4.78 is 0. The number of thiol groups is 1. The molecule has 0 saturated carbocycles. The summed E-state index contributed by atoms with van der Waals surface area (Å²) in [5.74, 6) is -1.33. The number of nitrogens with one attached hydrogen (secondary N) is 2. The summed E-state index contributed by atoms with van der Waals surface area (Å²) in [7, 11) is 1.61. The number of hydrogen-bond donors (Lipinski definition) is 4. The number of likely N-dealkylation sites (N-methyl/N-ethyl adjacent to an activating group) is 1. The van der Waals surface area contributed by atoms with Crippen molar-refractivity contribution in [3.8, 4) is 0 Å². The lowest BCUT2D eigenvalue weighted by molar-refractivity contribution is -0.140. The number of carboxylic acids is 1. The van der Waals surface area contributed by atoms with Gasteiger partial charge in [0.05, 0.1) is 6.54 Å². The molecule has 0 aromatic rings. The highest BCUT2D eigenvalue weighted by atomic mass is 32.1. The van der Waals surface area contributed by atoms with Gasteiger partial charge < -0.3 is 15.7 Å². The Bertz CT molecular complexity index is 174. The van der Waals surface area contributed by atoms with Crippen LogP contribution in [0.4, 0.5) is 0 Å². The van der Waals surface area contributed by atoms with Crippen LogP contribution >= 0.6 is 12.6 Å². The minimum Gasteiger partial charge on any atom is -0.480 e. The number of carboxylic acid groups (broad SMARTS) is 1. The summed E-state index contributed by atoms with van der Waals surface area (Å²) in [6.07, 6.45) is 0. The molecular formula is C6H12N2O3S. The van der Waals surface area contributed by atoms with Crippen molar-refractivity contribution in [1.82, 2.24) is 10.6 Å². The van der Waals surface area contributed by atoms with Crippen LogP contribution in [0.5, 0.6) is 0 Å². The zero-order valence-corrected chi connectivity index (χ0v) is 7.60. The maximum absolute atomic E-state index is 10.8. The predicted molar refractivity (Wildman–Crippen MR) is 47.3 cm³/mol. The first-order valence-electron chi connectivity index (χ1n) is 3.39. The Labute approximate surface area is 75.9 Å². The highest BCUT2D eigenvalue weighted by Gasteiger charge is 2.16. The molecule has 70 valence electrons. The Hall–Kier alpha value is -0.750. The molecule has 3 N–H and O–H groups in total. The maximum atomic E-state index is 10.8. The van der Waals surface area contributed by atoms with Gasteiger partial charge in [-0.05, 0) is 7.05 Å². The van der Waals surface area contributed by atoms with Crippen LogP contribution in [0, 0.1) is 0 Å². The van der Waals surface area contributed by atoms with Crippen molar-refractivity contribution in [1.29, 1.82) is 0 Å². The van der Waals surface area contributed by atoms with Crippen LogP contribution in [-0.2, 0) is 9.59 Å². The van der Waals surface area contributed by atoms with Crippen molar-refractivity contribution in [3.63, 3.8) is 0 Å². The lowest BCUT2D eigenvalue weighted by atomic mass is 10.3. The molecule has 12 heavy (non-hydrogen) atoms. The Kier molecular flexibility index (Phi) is 5.48. The van der Waals surface area contributed by atoms with Crippen LogP contribution in [0.1, 0.15) is 0 Å². The molecule has 0 aliphatic rings. The van der Waals surface area contributed by atoms with E-state index in [1.165, 1.54) is 0 Å². The van der Waals surface area contributed by atoms with Crippen molar-refractivity contribution in [2.45, 2.75) is 6.04 Å². The summed E-state index contributed by atoms with van der Waals surface area (Å²) >= 11 is 3.78. The van der Waals surface area contributed by atoms with Crippen molar-refractivity contribution in [3.05, 3.63) is 0 Å². The first-order valence-corrected chi connectivity index (χ1v) is 4.02. The molecule has 0 aromatic carbocycles. The quantitative estimate of drug-likeness (QED) is 0.408. The summed E-state index contributed by atoms with van der Waals surface area (Å²) in [5.41, 5.74) is 0. The van der Waals surface area contributed by atoms with Gasteiger partial charge in [0.25, 0.3) is 0 Å². The minimum atomic E-state index is -1.07. The van der Waals surface area contributed by atoms with Gasteiger partial charge in [-0.25, -0.2) is 4.79 Å². The monoisotopic (exact) mass is 192 g/mol. The lowest BCUT2D eigenvalue weighted by Gasteiger charge is -2.10. The highest BCUT2D eigenvalue weighted by molar-refractivity contribution is 7.80. The lowest BCUT2D eigenvalue weighted by Crippen LogP contribution is -2.45. The number of aliphatic carboxylic acids is 1. The molecule has 0 spiro atoms. The van der Waals surface area contributed by atoms with Crippen molar-refractivity contribution >= 4 is 24.5 Å². The second kappa shape index (κ2) is 5.84.